The highest BCUT2D eigenvalue weighted by Crippen LogP contribution is 1.81. The first-order chi connectivity index (χ1) is 7.63. The van der Waals surface area contributed by atoms with Gasteiger partial charge in [0.25, 0.3) is 11.1 Å². The predicted molar refractivity (Wildman–Crippen MR) is 60.7 cm³/mol. The van der Waals surface area contributed by atoms with Crippen LogP contribution in [-0.2, 0) is 11.3 Å². The Morgan fingerprint density at radius 3 is 2.94 bits per heavy atom. The molecule has 0 saturated carbocycles. The summed E-state index contributed by atoms with van der Waals surface area (Å²) in [4.78, 5) is 22.3. The zero-order chi connectivity index (χ0) is 12.0. The normalized spacial score (nSPS) is 12.6. The molecule has 6 nitrogen and oxygen atoms in total. The van der Waals surface area contributed by atoms with Crippen LogP contribution in [0, 0.1) is 0 Å². The average molecular weight is 227 g/mol. The van der Waals surface area contributed by atoms with Crippen molar-refractivity contribution in [1.29, 1.82) is 0 Å². The van der Waals surface area contributed by atoms with Crippen molar-refractivity contribution in [2.24, 2.45) is 0 Å². The van der Waals surface area contributed by atoms with Gasteiger partial charge in [-0.3, -0.25) is 14.7 Å². The van der Waals surface area contributed by atoms with E-state index in [0.717, 1.165) is 0 Å². The third-order valence-corrected chi connectivity index (χ3v) is 2.13. The number of rotatable bonds is 6. The summed E-state index contributed by atoms with van der Waals surface area (Å²) in [5.74, 6) is 0. The molecule has 0 radical (unpaired) electrons. The number of nitrogens with one attached hydrogen (secondary N) is 2. The lowest BCUT2D eigenvalue weighted by Gasteiger charge is -2.12. The van der Waals surface area contributed by atoms with Crippen LogP contribution in [0.1, 0.15) is 6.92 Å². The molecule has 0 bridgehead atoms. The monoisotopic (exact) mass is 227 g/mol. The standard InChI is InChI=1S/C10H17N3O3/c1-8(7-16-2)11-5-6-13-10(15)4-3-9(14)12-13/h3-4,8,11H,5-7H2,1-2H3,(H,12,14). The molecular formula is C10H17N3O3. The summed E-state index contributed by atoms with van der Waals surface area (Å²) in [7, 11) is 1.64. The minimum Gasteiger partial charge on any atom is -0.383 e. The molecule has 90 valence electrons. The molecule has 0 fully saturated rings. The number of ether oxygens (including phenoxy) is 1. The van der Waals surface area contributed by atoms with Gasteiger partial charge in [-0.2, -0.15) is 0 Å². The van der Waals surface area contributed by atoms with E-state index >= 15 is 0 Å². The Hall–Kier alpha value is -1.40. The van der Waals surface area contributed by atoms with Crippen LogP contribution in [0.15, 0.2) is 21.7 Å². The first-order valence-corrected chi connectivity index (χ1v) is 5.16. The highest BCUT2D eigenvalue weighted by atomic mass is 16.5. The number of hydrogen-bond acceptors (Lipinski definition) is 4. The van der Waals surface area contributed by atoms with E-state index in [1.54, 1.807) is 7.11 Å². The minimum atomic E-state index is -0.274. The van der Waals surface area contributed by atoms with Crippen molar-refractivity contribution in [1.82, 2.24) is 15.1 Å². The van der Waals surface area contributed by atoms with Crippen molar-refractivity contribution in [3.63, 3.8) is 0 Å². The Morgan fingerprint density at radius 2 is 2.25 bits per heavy atom. The highest BCUT2D eigenvalue weighted by Gasteiger charge is 2.00. The molecule has 1 atom stereocenters. The second-order valence-electron chi connectivity index (χ2n) is 3.61. The van der Waals surface area contributed by atoms with Gasteiger partial charge < -0.3 is 10.1 Å². The lowest BCUT2D eigenvalue weighted by Crippen LogP contribution is -2.36. The third-order valence-electron chi connectivity index (χ3n) is 2.13. The average Bonchev–Trinajstić information content (AvgIpc) is 2.23. The molecule has 0 saturated heterocycles. The molecule has 0 aromatic carbocycles. The van der Waals surface area contributed by atoms with Gasteiger partial charge in [-0.1, -0.05) is 0 Å². The lowest BCUT2D eigenvalue weighted by molar-refractivity contribution is 0.171. The van der Waals surface area contributed by atoms with E-state index in [9.17, 15) is 9.59 Å². The SMILES string of the molecule is COCC(C)NCCn1[nH]c(=O)ccc1=O. The van der Waals surface area contributed by atoms with E-state index in [1.807, 2.05) is 6.92 Å². The largest absolute Gasteiger partial charge is 0.383 e. The van der Waals surface area contributed by atoms with Gasteiger partial charge >= 0.3 is 0 Å². The zero-order valence-corrected chi connectivity index (χ0v) is 9.53. The van der Waals surface area contributed by atoms with Crippen LogP contribution in [0.4, 0.5) is 0 Å². The van der Waals surface area contributed by atoms with Crippen LogP contribution in [0.5, 0.6) is 0 Å². The van der Waals surface area contributed by atoms with E-state index < -0.39 is 0 Å². The molecule has 1 unspecified atom stereocenters. The summed E-state index contributed by atoms with van der Waals surface area (Å²) in [6, 6.07) is 2.70. The van der Waals surface area contributed by atoms with Gasteiger partial charge in [-0.15, -0.1) is 0 Å². The van der Waals surface area contributed by atoms with E-state index in [4.69, 9.17) is 4.74 Å². The number of methoxy groups -OCH3 is 1. The predicted octanol–water partition coefficient (Wildman–Crippen LogP) is -0.839. The van der Waals surface area contributed by atoms with Crippen LogP contribution < -0.4 is 16.4 Å². The van der Waals surface area contributed by atoms with Crippen LogP contribution in [0.25, 0.3) is 0 Å². The number of hydrogen-bond donors (Lipinski definition) is 2. The molecule has 2 N–H and O–H groups in total. The Morgan fingerprint density at radius 1 is 1.50 bits per heavy atom. The summed E-state index contributed by atoms with van der Waals surface area (Å²) in [6.07, 6.45) is 0. The third kappa shape index (κ3) is 4.00. The molecule has 6 heteroatoms. The van der Waals surface area contributed by atoms with E-state index in [2.05, 4.69) is 10.4 Å². The van der Waals surface area contributed by atoms with Crippen LogP contribution in [0.3, 0.4) is 0 Å². The summed E-state index contributed by atoms with van der Waals surface area (Å²) in [6.45, 7) is 3.63. The maximum absolute atomic E-state index is 11.3. The van der Waals surface area contributed by atoms with Crippen molar-refractivity contribution in [2.45, 2.75) is 19.5 Å². The topological polar surface area (TPSA) is 76.1 Å². The van der Waals surface area contributed by atoms with E-state index in [1.165, 1.54) is 16.8 Å². The van der Waals surface area contributed by atoms with Gasteiger partial charge in [0.1, 0.15) is 0 Å². The van der Waals surface area contributed by atoms with Crippen LogP contribution in [-0.4, -0.2) is 36.1 Å². The molecule has 1 aromatic rings. The molecule has 0 aliphatic rings. The molecule has 0 aliphatic heterocycles. The lowest BCUT2D eigenvalue weighted by atomic mass is 10.3. The summed E-state index contributed by atoms with van der Waals surface area (Å²) in [5, 5.41) is 5.63. The Bertz CT molecular complexity index is 424. The van der Waals surface area contributed by atoms with Crippen molar-refractivity contribution >= 4 is 0 Å². The Labute approximate surface area is 93.2 Å². The summed E-state index contributed by atoms with van der Waals surface area (Å²) >= 11 is 0. The number of nitrogens with zero attached hydrogens (tertiary/aromatic N) is 1. The molecule has 1 heterocycles. The number of H-pyrrole nitrogens is 1. The Balaban J connectivity index is 2.46. The summed E-state index contributed by atoms with van der Waals surface area (Å²) < 4.78 is 6.25. The first-order valence-electron chi connectivity index (χ1n) is 5.16. The summed E-state index contributed by atoms with van der Waals surface area (Å²) in [5.41, 5.74) is -0.481. The molecule has 0 amide bonds. The maximum Gasteiger partial charge on any atom is 0.265 e. The van der Waals surface area contributed by atoms with Crippen molar-refractivity contribution in [3.8, 4) is 0 Å². The van der Waals surface area contributed by atoms with E-state index in [-0.39, 0.29) is 17.2 Å². The molecular weight excluding hydrogens is 210 g/mol. The van der Waals surface area contributed by atoms with Gasteiger partial charge in [-0.25, -0.2) is 4.68 Å². The van der Waals surface area contributed by atoms with Crippen molar-refractivity contribution in [3.05, 3.63) is 32.8 Å². The maximum atomic E-state index is 11.3. The molecule has 1 aromatic heterocycles. The fourth-order valence-electron chi connectivity index (χ4n) is 1.36. The second-order valence-corrected chi connectivity index (χ2v) is 3.61. The van der Waals surface area contributed by atoms with Crippen molar-refractivity contribution < 1.29 is 4.74 Å². The van der Waals surface area contributed by atoms with Crippen molar-refractivity contribution in [2.75, 3.05) is 20.3 Å². The van der Waals surface area contributed by atoms with Crippen LogP contribution >= 0.6 is 0 Å². The fourth-order valence-corrected chi connectivity index (χ4v) is 1.36. The Kier molecular flexibility index (Phi) is 4.94. The second kappa shape index (κ2) is 6.24. The van der Waals surface area contributed by atoms with Gasteiger partial charge in [0.05, 0.1) is 13.2 Å². The minimum absolute atomic E-state index is 0.208. The van der Waals surface area contributed by atoms with Gasteiger partial charge in [0.2, 0.25) is 0 Å². The quantitative estimate of drug-likeness (QED) is 0.664. The number of aromatic nitrogens is 2. The zero-order valence-electron chi connectivity index (χ0n) is 9.53. The van der Waals surface area contributed by atoms with Gasteiger partial charge in [0, 0.05) is 31.8 Å². The smallest absolute Gasteiger partial charge is 0.265 e. The first kappa shape index (κ1) is 12.7. The highest BCUT2D eigenvalue weighted by molar-refractivity contribution is 4.85. The number of aromatic amines is 1. The van der Waals surface area contributed by atoms with Gasteiger partial charge in [-0.05, 0) is 6.92 Å². The molecule has 1 rings (SSSR count). The molecule has 16 heavy (non-hydrogen) atoms. The van der Waals surface area contributed by atoms with Gasteiger partial charge in [0.15, 0.2) is 0 Å². The molecule has 0 aliphatic carbocycles. The fraction of sp³-hybridized carbons (Fsp3) is 0.600. The molecule has 0 spiro atoms. The van der Waals surface area contributed by atoms with Crippen LogP contribution in [0.2, 0.25) is 0 Å². The van der Waals surface area contributed by atoms with E-state index in [0.29, 0.717) is 19.7 Å².